The molecule has 0 aliphatic heterocycles. The van der Waals surface area contributed by atoms with E-state index >= 15 is 0 Å². The first-order chi connectivity index (χ1) is 13.2. The molecule has 156 valence electrons. The molecule has 0 spiro atoms. The Labute approximate surface area is 185 Å². The summed E-state index contributed by atoms with van der Waals surface area (Å²) in [4.78, 5) is 6.99. The average molecular weight is 500 g/mol. The van der Waals surface area contributed by atoms with Crippen LogP contribution in [0.1, 0.15) is 30.2 Å². The van der Waals surface area contributed by atoms with Crippen molar-refractivity contribution in [3.05, 3.63) is 59.5 Å². The van der Waals surface area contributed by atoms with E-state index in [1.54, 1.807) is 13.4 Å². The minimum atomic E-state index is 0. The van der Waals surface area contributed by atoms with Crippen molar-refractivity contribution >= 4 is 29.9 Å². The van der Waals surface area contributed by atoms with Crippen molar-refractivity contribution in [1.82, 2.24) is 15.5 Å². The summed E-state index contributed by atoms with van der Waals surface area (Å²) >= 11 is 0. The lowest BCUT2D eigenvalue weighted by Gasteiger charge is -2.17. The van der Waals surface area contributed by atoms with Gasteiger partial charge in [0.15, 0.2) is 5.96 Å². The first kappa shape index (κ1) is 24.5. The number of guanidine groups is 1. The van der Waals surface area contributed by atoms with Gasteiger partial charge in [0.25, 0.3) is 0 Å². The van der Waals surface area contributed by atoms with Crippen molar-refractivity contribution in [2.24, 2.45) is 4.99 Å². The Morgan fingerprint density at radius 2 is 1.89 bits per heavy atom. The van der Waals surface area contributed by atoms with E-state index in [1.807, 2.05) is 12.1 Å². The number of ether oxygens (including phenoxy) is 1. The van der Waals surface area contributed by atoms with Crippen LogP contribution in [0.4, 0.5) is 0 Å². The van der Waals surface area contributed by atoms with E-state index in [2.05, 4.69) is 53.8 Å². The number of rotatable bonds is 11. The second kappa shape index (κ2) is 14.4. The third-order valence-electron chi connectivity index (χ3n) is 4.13. The largest absolute Gasteiger partial charge is 0.468 e. The number of hydrogen-bond donors (Lipinski definition) is 2. The average Bonchev–Trinajstić information content (AvgIpc) is 3.17. The Morgan fingerprint density at radius 1 is 1.11 bits per heavy atom. The van der Waals surface area contributed by atoms with Gasteiger partial charge >= 0.3 is 0 Å². The molecular formula is C21H33IN4O2. The number of hydrogen-bond acceptors (Lipinski definition) is 4. The maximum absolute atomic E-state index is 5.44. The molecule has 0 atom stereocenters. The summed E-state index contributed by atoms with van der Waals surface area (Å²) in [6.07, 6.45) is 2.67. The molecule has 0 aliphatic carbocycles. The highest BCUT2D eigenvalue weighted by molar-refractivity contribution is 14.0. The molecule has 1 aromatic heterocycles. The van der Waals surface area contributed by atoms with Crippen LogP contribution in [0.5, 0.6) is 0 Å². The Balaban J connectivity index is 0.00000392. The summed E-state index contributed by atoms with van der Waals surface area (Å²) in [5.41, 5.74) is 2.52. The summed E-state index contributed by atoms with van der Waals surface area (Å²) in [5.74, 6) is 1.81. The van der Waals surface area contributed by atoms with Crippen molar-refractivity contribution in [2.45, 2.75) is 33.0 Å². The molecule has 0 bridgehead atoms. The Kier molecular flexibility index (Phi) is 12.6. The second-order valence-electron chi connectivity index (χ2n) is 6.49. The monoisotopic (exact) mass is 500 g/mol. The lowest BCUT2D eigenvalue weighted by Crippen LogP contribution is -2.38. The number of nitrogens with zero attached hydrogens (tertiary/aromatic N) is 2. The number of nitrogens with one attached hydrogen (secondary N) is 2. The summed E-state index contributed by atoms with van der Waals surface area (Å²) in [6.45, 7) is 6.78. The number of halogens is 1. The normalized spacial score (nSPS) is 11.4. The zero-order chi connectivity index (χ0) is 19.3. The van der Waals surface area contributed by atoms with Crippen LogP contribution in [-0.4, -0.2) is 44.7 Å². The van der Waals surface area contributed by atoms with E-state index in [0.717, 1.165) is 50.9 Å². The summed E-state index contributed by atoms with van der Waals surface area (Å²) in [5, 5.41) is 6.65. The smallest absolute Gasteiger partial charge is 0.191 e. The van der Waals surface area contributed by atoms with Crippen LogP contribution in [0.15, 0.2) is 52.1 Å². The van der Waals surface area contributed by atoms with Crippen molar-refractivity contribution in [3.63, 3.8) is 0 Å². The fraction of sp³-hybridized carbons (Fsp3) is 0.476. The molecule has 0 amide bonds. The van der Waals surface area contributed by atoms with Crippen LogP contribution in [0.3, 0.4) is 0 Å². The first-order valence-electron chi connectivity index (χ1n) is 9.51. The van der Waals surface area contributed by atoms with Gasteiger partial charge in [-0.3, -0.25) is 4.90 Å². The molecule has 2 aromatic rings. The standard InChI is InChI=1S/C21H32N4O2.HI/c1-4-22-21(23-12-8-13-26-3)24-15-18-9-5-6-10-19(18)16-25(2)17-20-11-7-14-27-20;/h5-7,9-11,14H,4,8,12-13,15-17H2,1-3H3,(H2,22,23,24);1H. The quantitative estimate of drug-likeness (QED) is 0.214. The van der Waals surface area contributed by atoms with Gasteiger partial charge in [0.05, 0.1) is 19.4 Å². The highest BCUT2D eigenvalue weighted by Gasteiger charge is 2.08. The lowest BCUT2D eigenvalue weighted by molar-refractivity contribution is 0.195. The van der Waals surface area contributed by atoms with E-state index in [1.165, 1.54) is 11.1 Å². The second-order valence-corrected chi connectivity index (χ2v) is 6.49. The van der Waals surface area contributed by atoms with Crippen molar-refractivity contribution < 1.29 is 9.15 Å². The van der Waals surface area contributed by atoms with E-state index in [-0.39, 0.29) is 24.0 Å². The van der Waals surface area contributed by atoms with Crippen LogP contribution >= 0.6 is 24.0 Å². The van der Waals surface area contributed by atoms with Gasteiger partial charge < -0.3 is 19.8 Å². The highest BCUT2D eigenvalue weighted by Crippen LogP contribution is 2.14. The highest BCUT2D eigenvalue weighted by atomic mass is 127. The number of furan rings is 1. The van der Waals surface area contributed by atoms with Crippen molar-refractivity contribution in [2.75, 3.05) is 33.9 Å². The molecule has 1 aromatic carbocycles. The number of benzene rings is 1. The molecule has 2 N–H and O–H groups in total. The van der Waals surface area contributed by atoms with Gasteiger partial charge in [-0.05, 0) is 43.7 Å². The maximum atomic E-state index is 5.44. The summed E-state index contributed by atoms with van der Waals surface area (Å²) in [6, 6.07) is 12.4. The van der Waals surface area contributed by atoms with Gasteiger partial charge in [0, 0.05) is 33.4 Å². The fourth-order valence-electron chi connectivity index (χ4n) is 2.81. The van der Waals surface area contributed by atoms with Crippen molar-refractivity contribution in [3.8, 4) is 0 Å². The lowest BCUT2D eigenvalue weighted by atomic mass is 10.1. The first-order valence-corrected chi connectivity index (χ1v) is 9.51. The third kappa shape index (κ3) is 9.07. The minimum Gasteiger partial charge on any atom is -0.468 e. The molecule has 7 heteroatoms. The Hall–Kier alpha value is -1.58. The van der Waals surface area contributed by atoms with Gasteiger partial charge in [-0.2, -0.15) is 0 Å². The van der Waals surface area contributed by atoms with E-state index in [0.29, 0.717) is 6.54 Å². The van der Waals surface area contributed by atoms with E-state index in [4.69, 9.17) is 14.1 Å². The minimum absolute atomic E-state index is 0. The predicted octanol–water partition coefficient (Wildman–Crippen LogP) is 3.62. The molecule has 6 nitrogen and oxygen atoms in total. The van der Waals surface area contributed by atoms with Crippen LogP contribution in [-0.2, 0) is 24.4 Å². The van der Waals surface area contributed by atoms with Crippen LogP contribution in [0.2, 0.25) is 0 Å². The van der Waals surface area contributed by atoms with Crippen LogP contribution in [0.25, 0.3) is 0 Å². The zero-order valence-corrected chi connectivity index (χ0v) is 19.4. The molecule has 28 heavy (non-hydrogen) atoms. The summed E-state index contributed by atoms with van der Waals surface area (Å²) < 4.78 is 10.5. The van der Waals surface area contributed by atoms with Crippen LogP contribution < -0.4 is 10.6 Å². The molecule has 0 fully saturated rings. The fourth-order valence-corrected chi connectivity index (χ4v) is 2.81. The van der Waals surface area contributed by atoms with E-state index < -0.39 is 0 Å². The van der Waals surface area contributed by atoms with E-state index in [9.17, 15) is 0 Å². The molecule has 0 aliphatic rings. The molecular weight excluding hydrogens is 467 g/mol. The zero-order valence-electron chi connectivity index (χ0n) is 17.1. The van der Waals surface area contributed by atoms with Crippen LogP contribution in [0, 0.1) is 0 Å². The molecule has 1 heterocycles. The third-order valence-corrected chi connectivity index (χ3v) is 4.13. The molecule has 0 saturated carbocycles. The van der Waals surface area contributed by atoms with Gasteiger partial charge in [-0.25, -0.2) is 4.99 Å². The summed E-state index contributed by atoms with van der Waals surface area (Å²) in [7, 11) is 3.82. The molecule has 0 saturated heterocycles. The number of methoxy groups -OCH3 is 1. The van der Waals surface area contributed by atoms with Gasteiger partial charge in [-0.15, -0.1) is 24.0 Å². The van der Waals surface area contributed by atoms with Gasteiger partial charge in [0.2, 0.25) is 0 Å². The molecule has 2 rings (SSSR count). The topological polar surface area (TPSA) is 62.0 Å². The molecule has 0 unspecified atom stereocenters. The SMILES string of the molecule is CCNC(=NCc1ccccc1CN(C)Cc1ccco1)NCCCOC.I. The maximum Gasteiger partial charge on any atom is 0.191 e. The van der Waals surface area contributed by atoms with Crippen molar-refractivity contribution in [1.29, 1.82) is 0 Å². The Bertz CT molecular complexity index is 677. The predicted molar refractivity (Wildman–Crippen MR) is 125 cm³/mol. The van der Waals surface area contributed by atoms with Gasteiger partial charge in [-0.1, -0.05) is 24.3 Å². The van der Waals surface area contributed by atoms with Gasteiger partial charge in [0.1, 0.15) is 5.76 Å². The molecule has 0 radical (unpaired) electrons. The Morgan fingerprint density at radius 3 is 2.57 bits per heavy atom. The number of aliphatic imine (C=N–C) groups is 1.